The van der Waals surface area contributed by atoms with Crippen LogP contribution in [0.15, 0.2) is 48.5 Å². The lowest BCUT2D eigenvalue weighted by molar-refractivity contribution is -0.127. The second-order valence-corrected chi connectivity index (χ2v) is 7.20. The predicted octanol–water partition coefficient (Wildman–Crippen LogP) is 4.48. The minimum Gasteiger partial charge on any atom is -0.356 e. The SMILES string of the molecule is Cc1ccc(NC(=O)N(CCCNC(=O)C2CCC2)c2ccc(F)cc2)cc1. The molecule has 148 valence electrons. The van der Waals surface area contributed by atoms with Crippen molar-refractivity contribution < 1.29 is 14.0 Å². The van der Waals surface area contributed by atoms with Crippen molar-refractivity contribution in [1.29, 1.82) is 0 Å². The third-order valence-corrected chi connectivity index (χ3v) is 5.02. The molecule has 0 spiro atoms. The average Bonchev–Trinajstić information content (AvgIpc) is 2.63. The first-order valence-corrected chi connectivity index (χ1v) is 9.71. The molecule has 3 amide bonds. The first-order valence-electron chi connectivity index (χ1n) is 9.71. The lowest BCUT2D eigenvalue weighted by Crippen LogP contribution is -2.39. The summed E-state index contributed by atoms with van der Waals surface area (Å²) in [7, 11) is 0. The predicted molar refractivity (Wildman–Crippen MR) is 109 cm³/mol. The van der Waals surface area contributed by atoms with E-state index in [2.05, 4.69) is 10.6 Å². The number of nitrogens with one attached hydrogen (secondary N) is 2. The molecule has 1 aliphatic carbocycles. The van der Waals surface area contributed by atoms with Crippen LogP contribution < -0.4 is 15.5 Å². The topological polar surface area (TPSA) is 61.4 Å². The number of rotatable bonds is 7. The number of benzene rings is 2. The third-order valence-electron chi connectivity index (χ3n) is 5.02. The number of aryl methyl sites for hydroxylation is 1. The van der Waals surface area contributed by atoms with E-state index in [1.165, 1.54) is 12.1 Å². The lowest BCUT2D eigenvalue weighted by Gasteiger charge is -2.25. The van der Waals surface area contributed by atoms with Gasteiger partial charge >= 0.3 is 6.03 Å². The van der Waals surface area contributed by atoms with Crippen LogP contribution in [0.2, 0.25) is 0 Å². The van der Waals surface area contributed by atoms with Crippen molar-refractivity contribution >= 4 is 23.3 Å². The molecule has 6 heteroatoms. The molecule has 0 unspecified atom stereocenters. The molecule has 0 aliphatic heterocycles. The molecular formula is C22H26FN3O2. The molecule has 0 radical (unpaired) electrons. The van der Waals surface area contributed by atoms with Crippen LogP contribution in [0.5, 0.6) is 0 Å². The molecule has 28 heavy (non-hydrogen) atoms. The van der Waals surface area contributed by atoms with E-state index in [9.17, 15) is 14.0 Å². The maximum Gasteiger partial charge on any atom is 0.326 e. The second-order valence-electron chi connectivity index (χ2n) is 7.20. The Hall–Kier alpha value is -2.89. The fourth-order valence-corrected chi connectivity index (χ4v) is 3.06. The monoisotopic (exact) mass is 383 g/mol. The second kappa shape index (κ2) is 9.35. The van der Waals surface area contributed by atoms with Gasteiger partial charge in [-0.2, -0.15) is 0 Å². The number of amides is 3. The molecule has 0 atom stereocenters. The van der Waals surface area contributed by atoms with Crippen molar-refractivity contribution in [3.05, 3.63) is 59.9 Å². The molecule has 1 fully saturated rings. The first kappa shape index (κ1) is 19.9. The summed E-state index contributed by atoms with van der Waals surface area (Å²) in [6.07, 6.45) is 3.66. The molecule has 0 aromatic heterocycles. The Morgan fingerprint density at radius 2 is 1.75 bits per heavy atom. The van der Waals surface area contributed by atoms with Crippen LogP contribution in [0.1, 0.15) is 31.2 Å². The Morgan fingerprint density at radius 3 is 2.36 bits per heavy atom. The molecule has 1 saturated carbocycles. The Morgan fingerprint density at radius 1 is 1.07 bits per heavy atom. The van der Waals surface area contributed by atoms with Gasteiger partial charge in [0.2, 0.25) is 5.91 Å². The van der Waals surface area contributed by atoms with Gasteiger partial charge in [0, 0.05) is 30.4 Å². The number of hydrogen-bond donors (Lipinski definition) is 2. The number of carbonyl (C=O) groups is 2. The third kappa shape index (κ3) is 5.31. The Labute approximate surface area is 164 Å². The fourth-order valence-electron chi connectivity index (χ4n) is 3.06. The minimum absolute atomic E-state index is 0.101. The normalized spacial score (nSPS) is 13.5. The van der Waals surface area contributed by atoms with Crippen LogP contribution >= 0.6 is 0 Å². The van der Waals surface area contributed by atoms with E-state index in [0.717, 1.165) is 24.8 Å². The number of nitrogens with zero attached hydrogens (tertiary/aromatic N) is 1. The van der Waals surface area contributed by atoms with E-state index in [-0.39, 0.29) is 23.7 Å². The van der Waals surface area contributed by atoms with Gasteiger partial charge in [-0.05, 0) is 62.6 Å². The molecule has 0 heterocycles. The summed E-state index contributed by atoms with van der Waals surface area (Å²) in [4.78, 5) is 26.3. The van der Waals surface area contributed by atoms with Gasteiger partial charge in [-0.1, -0.05) is 24.1 Å². The van der Waals surface area contributed by atoms with Gasteiger partial charge in [0.1, 0.15) is 5.82 Å². The van der Waals surface area contributed by atoms with E-state index in [1.807, 2.05) is 31.2 Å². The van der Waals surface area contributed by atoms with E-state index in [1.54, 1.807) is 17.0 Å². The Balaban J connectivity index is 1.60. The van der Waals surface area contributed by atoms with Gasteiger partial charge in [0.15, 0.2) is 0 Å². The maximum atomic E-state index is 13.3. The van der Waals surface area contributed by atoms with E-state index < -0.39 is 0 Å². The van der Waals surface area contributed by atoms with Crippen molar-refractivity contribution in [3.8, 4) is 0 Å². The molecular weight excluding hydrogens is 357 g/mol. The zero-order chi connectivity index (χ0) is 19.9. The van der Waals surface area contributed by atoms with E-state index >= 15 is 0 Å². The number of hydrogen-bond acceptors (Lipinski definition) is 2. The highest BCUT2D eigenvalue weighted by molar-refractivity contribution is 6.01. The minimum atomic E-state index is -0.351. The summed E-state index contributed by atoms with van der Waals surface area (Å²) in [5.74, 6) is -0.0999. The first-order chi connectivity index (χ1) is 13.5. The molecule has 1 aliphatic rings. The van der Waals surface area contributed by atoms with Gasteiger partial charge in [-0.25, -0.2) is 9.18 Å². The standard InChI is InChI=1S/C22H26FN3O2/c1-16-6-10-19(11-7-16)25-22(28)26(20-12-8-18(23)9-13-20)15-3-14-24-21(27)17-4-2-5-17/h6-13,17H,2-5,14-15H2,1H3,(H,24,27)(H,25,28). The van der Waals surface area contributed by atoms with Crippen LogP contribution in [0.4, 0.5) is 20.6 Å². The molecule has 5 nitrogen and oxygen atoms in total. The van der Waals surface area contributed by atoms with Crippen LogP contribution in [0, 0.1) is 18.7 Å². The van der Waals surface area contributed by atoms with Gasteiger partial charge < -0.3 is 10.6 Å². The largest absolute Gasteiger partial charge is 0.356 e. The summed E-state index contributed by atoms with van der Waals surface area (Å²) >= 11 is 0. The Bertz CT molecular complexity index is 802. The highest BCUT2D eigenvalue weighted by Crippen LogP contribution is 2.26. The zero-order valence-electron chi connectivity index (χ0n) is 16.1. The molecule has 0 saturated heterocycles. The lowest BCUT2D eigenvalue weighted by atomic mass is 9.85. The maximum absolute atomic E-state index is 13.3. The molecule has 0 bridgehead atoms. The van der Waals surface area contributed by atoms with Crippen molar-refractivity contribution in [2.45, 2.75) is 32.6 Å². The molecule has 2 aromatic carbocycles. The van der Waals surface area contributed by atoms with Crippen molar-refractivity contribution in [1.82, 2.24) is 5.32 Å². The van der Waals surface area contributed by atoms with Gasteiger partial charge in [0.05, 0.1) is 0 Å². The number of halogens is 1. The fraction of sp³-hybridized carbons (Fsp3) is 0.364. The zero-order valence-corrected chi connectivity index (χ0v) is 16.1. The molecule has 2 N–H and O–H groups in total. The smallest absolute Gasteiger partial charge is 0.326 e. The summed E-state index contributed by atoms with van der Waals surface area (Å²) in [5, 5.41) is 5.81. The number of carbonyl (C=O) groups excluding carboxylic acids is 2. The highest BCUT2D eigenvalue weighted by atomic mass is 19.1. The van der Waals surface area contributed by atoms with Crippen molar-refractivity contribution in [2.24, 2.45) is 5.92 Å². The Kier molecular flexibility index (Phi) is 6.63. The van der Waals surface area contributed by atoms with Crippen LogP contribution in [0.25, 0.3) is 0 Å². The van der Waals surface area contributed by atoms with Gasteiger partial charge in [0.25, 0.3) is 0 Å². The number of urea groups is 1. The molecule has 2 aromatic rings. The average molecular weight is 383 g/mol. The van der Waals surface area contributed by atoms with Gasteiger partial charge in [-0.15, -0.1) is 0 Å². The highest BCUT2D eigenvalue weighted by Gasteiger charge is 2.24. The van der Waals surface area contributed by atoms with E-state index in [4.69, 9.17) is 0 Å². The van der Waals surface area contributed by atoms with Gasteiger partial charge in [-0.3, -0.25) is 9.69 Å². The summed E-state index contributed by atoms with van der Waals surface area (Å²) in [6, 6.07) is 13.1. The van der Waals surface area contributed by atoms with E-state index in [0.29, 0.717) is 30.9 Å². The van der Waals surface area contributed by atoms with Crippen LogP contribution in [-0.4, -0.2) is 25.0 Å². The van der Waals surface area contributed by atoms with Crippen LogP contribution in [0.3, 0.4) is 0 Å². The number of anilines is 2. The summed E-state index contributed by atoms with van der Waals surface area (Å²) < 4.78 is 13.3. The van der Waals surface area contributed by atoms with Crippen LogP contribution in [-0.2, 0) is 4.79 Å². The van der Waals surface area contributed by atoms with Crippen molar-refractivity contribution in [2.75, 3.05) is 23.3 Å². The molecule has 3 rings (SSSR count). The quantitative estimate of drug-likeness (QED) is 0.693. The summed E-state index contributed by atoms with van der Waals surface area (Å²) in [6.45, 7) is 2.90. The summed E-state index contributed by atoms with van der Waals surface area (Å²) in [5.41, 5.74) is 2.41. The van der Waals surface area contributed by atoms with Crippen molar-refractivity contribution in [3.63, 3.8) is 0 Å².